The van der Waals surface area contributed by atoms with Crippen LogP contribution >= 0.6 is 11.6 Å². The Kier molecular flexibility index (Phi) is 7.04. The van der Waals surface area contributed by atoms with Gasteiger partial charge in [-0.25, -0.2) is 0 Å². The van der Waals surface area contributed by atoms with Gasteiger partial charge in [-0.15, -0.1) is 0 Å². The zero-order valence-corrected chi connectivity index (χ0v) is 12.4. The van der Waals surface area contributed by atoms with Crippen LogP contribution in [0.15, 0.2) is 24.3 Å². The molecule has 6 heteroatoms. The van der Waals surface area contributed by atoms with Crippen molar-refractivity contribution in [3.8, 4) is 0 Å². The monoisotopic (exact) mass is 298 g/mol. The average molecular weight is 299 g/mol. The van der Waals surface area contributed by atoms with Gasteiger partial charge in [0.1, 0.15) is 0 Å². The maximum Gasteiger partial charge on any atom is 0.320 e. The van der Waals surface area contributed by atoms with Crippen LogP contribution in [0.25, 0.3) is 0 Å². The molecule has 0 heterocycles. The van der Waals surface area contributed by atoms with E-state index in [1.807, 2.05) is 18.2 Å². The molecule has 0 spiro atoms. The number of nitrogens with zero attached hydrogens (tertiary/aromatic N) is 1. The molecule has 0 bridgehead atoms. The molecular formula is C14H19ClN2O3. The van der Waals surface area contributed by atoms with E-state index >= 15 is 0 Å². The van der Waals surface area contributed by atoms with Crippen molar-refractivity contribution in [1.82, 2.24) is 10.2 Å². The molecule has 0 saturated carbocycles. The maximum absolute atomic E-state index is 11.7. The first-order valence-corrected chi connectivity index (χ1v) is 6.75. The first-order chi connectivity index (χ1) is 9.52. The molecule has 20 heavy (non-hydrogen) atoms. The van der Waals surface area contributed by atoms with E-state index in [9.17, 15) is 9.59 Å². The van der Waals surface area contributed by atoms with Gasteiger partial charge in [0.2, 0.25) is 5.91 Å². The minimum Gasteiger partial charge on any atom is -0.465 e. The second-order valence-corrected chi connectivity index (χ2v) is 4.75. The van der Waals surface area contributed by atoms with Crippen LogP contribution in [-0.2, 0) is 20.9 Å². The Balaban J connectivity index is 2.33. The molecule has 0 atom stereocenters. The number of halogens is 1. The van der Waals surface area contributed by atoms with E-state index < -0.39 is 0 Å². The topological polar surface area (TPSA) is 58.6 Å². The van der Waals surface area contributed by atoms with E-state index in [1.165, 1.54) is 0 Å². The number of ether oxygens (including phenoxy) is 1. The number of hydrogen-bond donors (Lipinski definition) is 1. The second-order valence-electron chi connectivity index (χ2n) is 4.35. The SMILES string of the molecule is CCOC(=O)CN(C)CC(=O)NCc1ccccc1Cl. The number of hydrogen-bond acceptors (Lipinski definition) is 4. The molecule has 110 valence electrons. The van der Waals surface area contributed by atoms with Crippen molar-refractivity contribution in [3.05, 3.63) is 34.9 Å². The summed E-state index contributed by atoms with van der Waals surface area (Å²) in [4.78, 5) is 24.6. The van der Waals surface area contributed by atoms with Crippen LogP contribution in [0.5, 0.6) is 0 Å². The lowest BCUT2D eigenvalue weighted by Crippen LogP contribution is -2.37. The largest absolute Gasteiger partial charge is 0.465 e. The van der Waals surface area contributed by atoms with Crippen molar-refractivity contribution in [2.45, 2.75) is 13.5 Å². The van der Waals surface area contributed by atoms with E-state index in [2.05, 4.69) is 5.32 Å². The predicted octanol–water partition coefficient (Wildman–Crippen LogP) is 1.45. The van der Waals surface area contributed by atoms with Crippen LogP contribution in [0.4, 0.5) is 0 Å². The molecule has 0 unspecified atom stereocenters. The van der Waals surface area contributed by atoms with Crippen LogP contribution in [0.1, 0.15) is 12.5 Å². The number of rotatable bonds is 7. The van der Waals surface area contributed by atoms with E-state index in [0.29, 0.717) is 18.2 Å². The van der Waals surface area contributed by atoms with Gasteiger partial charge < -0.3 is 10.1 Å². The summed E-state index contributed by atoms with van der Waals surface area (Å²) in [5.74, 6) is -0.509. The smallest absolute Gasteiger partial charge is 0.320 e. The van der Waals surface area contributed by atoms with Crippen LogP contribution in [0.3, 0.4) is 0 Å². The van der Waals surface area contributed by atoms with Gasteiger partial charge in [0.15, 0.2) is 0 Å². The lowest BCUT2D eigenvalue weighted by Gasteiger charge is -2.15. The van der Waals surface area contributed by atoms with E-state index in [-0.39, 0.29) is 25.0 Å². The summed E-state index contributed by atoms with van der Waals surface area (Å²) in [7, 11) is 1.69. The zero-order chi connectivity index (χ0) is 15.0. The number of amides is 1. The molecule has 1 rings (SSSR count). The normalized spacial score (nSPS) is 10.4. The molecular weight excluding hydrogens is 280 g/mol. The number of likely N-dealkylation sites (N-methyl/N-ethyl adjacent to an activating group) is 1. The molecule has 1 amide bonds. The fraction of sp³-hybridized carbons (Fsp3) is 0.429. The molecule has 0 aliphatic carbocycles. The second kappa shape index (κ2) is 8.55. The highest BCUT2D eigenvalue weighted by Gasteiger charge is 2.11. The third kappa shape index (κ3) is 6.04. The Bertz CT molecular complexity index is 465. The molecule has 0 fully saturated rings. The Labute approximate surface area is 123 Å². The summed E-state index contributed by atoms with van der Waals surface area (Å²) in [5, 5.41) is 3.38. The van der Waals surface area contributed by atoms with Crippen molar-refractivity contribution in [1.29, 1.82) is 0 Å². The van der Waals surface area contributed by atoms with Gasteiger partial charge >= 0.3 is 5.97 Å². The summed E-state index contributed by atoms with van der Waals surface area (Å²) in [6.45, 7) is 2.67. The molecule has 1 N–H and O–H groups in total. The molecule has 1 aromatic carbocycles. The standard InChI is InChI=1S/C14H19ClN2O3/c1-3-20-14(19)10-17(2)9-13(18)16-8-11-6-4-5-7-12(11)15/h4-7H,3,8-10H2,1-2H3,(H,16,18). The maximum atomic E-state index is 11.7. The number of esters is 1. The molecule has 1 aromatic rings. The van der Waals surface area contributed by atoms with Gasteiger partial charge in [-0.05, 0) is 25.6 Å². The lowest BCUT2D eigenvalue weighted by molar-refractivity contribution is -0.144. The molecule has 0 aliphatic rings. The summed E-state index contributed by atoms with van der Waals surface area (Å²) in [6.07, 6.45) is 0. The van der Waals surface area contributed by atoms with Crippen LogP contribution in [0, 0.1) is 0 Å². The Morgan fingerprint density at radius 1 is 1.30 bits per heavy atom. The minimum absolute atomic E-state index is 0.0906. The first kappa shape index (κ1) is 16.5. The highest BCUT2D eigenvalue weighted by Crippen LogP contribution is 2.14. The van der Waals surface area contributed by atoms with Crippen molar-refractivity contribution in [2.75, 3.05) is 26.7 Å². The number of benzene rings is 1. The highest BCUT2D eigenvalue weighted by molar-refractivity contribution is 6.31. The highest BCUT2D eigenvalue weighted by atomic mass is 35.5. The Morgan fingerprint density at radius 3 is 2.65 bits per heavy atom. The molecule has 0 saturated heterocycles. The summed E-state index contributed by atoms with van der Waals surface area (Å²) in [6, 6.07) is 7.32. The number of carbonyl (C=O) groups excluding carboxylic acids is 2. The third-order valence-electron chi connectivity index (χ3n) is 2.55. The number of carbonyl (C=O) groups is 2. The van der Waals surface area contributed by atoms with Gasteiger partial charge in [-0.3, -0.25) is 14.5 Å². The zero-order valence-electron chi connectivity index (χ0n) is 11.7. The van der Waals surface area contributed by atoms with Crippen LogP contribution in [0.2, 0.25) is 5.02 Å². The lowest BCUT2D eigenvalue weighted by atomic mass is 10.2. The summed E-state index contributed by atoms with van der Waals surface area (Å²) >= 11 is 5.99. The van der Waals surface area contributed by atoms with Crippen LogP contribution < -0.4 is 5.32 Å². The van der Waals surface area contributed by atoms with Gasteiger partial charge in [0, 0.05) is 11.6 Å². The molecule has 5 nitrogen and oxygen atoms in total. The molecule has 0 aliphatic heterocycles. The van der Waals surface area contributed by atoms with Crippen LogP contribution in [-0.4, -0.2) is 43.5 Å². The van der Waals surface area contributed by atoms with Gasteiger partial charge in [-0.2, -0.15) is 0 Å². The molecule has 0 radical (unpaired) electrons. The van der Waals surface area contributed by atoms with Gasteiger partial charge in [0.05, 0.1) is 19.7 Å². The van der Waals surface area contributed by atoms with Crippen molar-refractivity contribution in [3.63, 3.8) is 0 Å². The summed E-state index contributed by atoms with van der Waals surface area (Å²) < 4.78 is 4.81. The fourth-order valence-electron chi connectivity index (χ4n) is 1.62. The quantitative estimate of drug-likeness (QED) is 0.774. The van der Waals surface area contributed by atoms with Crippen molar-refractivity contribution >= 4 is 23.5 Å². The number of nitrogens with one attached hydrogen (secondary N) is 1. The first-order valence-electron chi connectivity index (χ1n) is 6.37. The molecule has 0 aromatic heterocycles. The minimum atomic E-state index is -0.339. The predicted molar refractivity (Wildman–Crippen MR) is 77.4 cm³/mol. The van der Waals surface area contributed by atoms with Crippen molar-refractivity contribution < 1.29 is 14.3 Å². The van der Waals surface area contributed by atoms with E-state index in [0.717, 1.165) is 5.56 Å². The Hall–Kier alpha value is -1.59. The fourth-order valence-corrected chi connectivity index (χ4v) is 1.82. The van der Waals surface area contributed by atoms with E-state index in [4.69, 9.17) is 16.3 Å². The van der Waals surface area contributed by atoms with E-state index in [1.54, 1.807) is 24.9 Å². The Morgan fingerprint density at radius 2 is 2.00 bits per heavy atom. The summed E-state index contributed by atoms with van der Waals surface area (Å²) in [5.41, 5.74) is 0.857. The van der Waals surface area contributed by atoms with Crippen molar-refractivity contribution in [2.24, 2.45) is 0 Å². The average Bonchev–Trinajstić information content (AvgIpc) is 2.37. The van der Waals surface area contributed by atoms with Gasteiger partial charge in [-0.1, -0.05) is 29.8 Å². The third-order valence-corrected chi connectivity index (χ3v) is 2.92. The van der Waals surface area contributed by atoms with Gasteiger partial charge in [0.25, 0.3) is 0 Å².